The molecule has 3 aromatic rings. The Labute approximate surface area is 109 Å². The molecular formula is C15H13FN2O. The number of aliphatic hydroxyl groups is 1. The number of nitrogens with zero attached hydrogens (tertiary/aromatic N) is 2. The minimum absolute atomic E-state index is 0.0901. The topological polar surface area (TPSA) is 37.5 Å². The van der Waals surface area contributed by atoms with Gasteiger partial charge < -0.3 is 5.11 Å². The third-order valence-electron chi connectivity index (χ3n) is 3.33. The van der Waals surface area contributed by atoms with Crippen LogP contribution in [0.4, 0.5) is 4.39 Å². The highest BCUT2D eigenvalue weighted by atomic mass is 19.1. The Bertz CT molecular complexity index is 732. The number of fused-ring (bicyclic) bond motifs is 1. The lowest BCUT2D eigenvalue weighted by Crippen LogP contribution is -2.03. The van der Waals surface area contributed by atoms with E-state index >= 15 is 0 Å². The van der Waals surface area contributed by atoms with E-state index in [1.807, 2.05) is 25.3 Å². The molecule has 4 heteroatoms. The van der Waals surface area contributed by atoms with Gasteiger partial charge in [-0.1, -0.05) is 0 Å². The number of hydrogen-bond acceptors (Lipinski definition) is 2. The molecular weight excluding hydrogens is 243 g/mol. The van der Waals surface area contributed by atoms with Crippen molar-refractivity contribution in [2.75, 3.05) is 0 Å². The molecule has 0 aliphatic rings. The van der Waals surface area contributed by atoms with Crippen molar-refractivity contribution in [3.05, 3.63) is 59.5 Å². The summed E-state index contributed by atoms with van der Waals surface area (Å²) in [5, 5.41) is 14.1. The van der Waals surface area contributed by atoms with Crippen LogP contribution in [-0.2, 0) is 6.61 Å². The summed E-state index contributed by atoms with van der Waals surface area (Å²) in [4.78, 5) is 0. The predicted molar refractivity (Wildman–Crippen MR) is 71.2 cm³/mol. The summed E-state index contributed by atoms with van der Waals surface area (Å²) >= 11 is 0. The number of hydrogen-bond donors (Lipinski definition) is 1. The quantitative estimate of drug-likeness (QED) is 0.765. The highest BCUT2D eigenvalue weighted by Gasteiger charge is 2.13. The highest BCUT2D eigenvalue weighted by molar-refractivity contribution is 5.69. The van der Waals surface area contributed by atoms with Crippen LogP contribution >= 0.6 is 0 Å². The van der Waals surface area contributed by atoms with Gasteiger partial charge in [0.05, 0.1) is 17.8 Å². The minimum Gasteiger partial charge on any atom is -0.392 e. The van der Waals surface area contributed by atoms with Gasteiger partial charge in [-0.25, -0.2) is 8.91 Å². The molecule has 0 unspecified atom stereocenters. The van der Waals surface area contributed by atoms with Crippen molar-refractivity contribution in [1.82, 2.24) is 9.61 Å². The van der Waals surface area contributed by atoms with E-state index < -0.39 is 0 Å². The summed E-state index contributed by atoms with van der Waals surface area (Å²) in [5.41, 5.74) is 4.21. The molecule has 3 rings (SSSR count). The molecule has 3 nitrogen and oxygen atoms in total. The molecule has 1 N–H and O–H groups in total. The Morgan fingerprint density at radius 3 is 2.63 bits per heavy atom. The lowest BCUT2D eigenvalue weighted by molar-refractivity contribution is 0.281. The maximum Gasteiger partial charge on any atom is 0.123 e. The van der Waals surface area contributed by atoms with Gasteiger partial charge in [-0.15, -0.1) is 0 Å². The molecule has 2 aromatic heterocycles. The van der Waals surface area contributed by atoms with Crippen molar-refractivity contribution in [2.24, 2.45) is 0 Å². The molecule has 0 atom stereocenters. The Hall–Kier alpha value is -2.20. The molecule has 0 aliphatic heterocycles. The zero-order valence-corrected chi connectivity index (χ0v) is 10.5. The van der Waals surface area contributed by atoms with Crippen molar-refractivity contribution < 1.29 is 9.50 Å². The van der Waals surface area contributed by atoms with Crippen LogP contribution in [0, 0.1) is 12.7 Å². The van der Waals surface area contributed by atoms with Crippen LogP contribution in [-0.4, -0.2) is 14.7 Å². The van der Waals surface area contributed by atoms with E-state index in [1.54, 1.807) is 16.6 Å². The molecule has 19 heavy (non-hydrogen) atoms. The normalized spacial score (nSPS) is 11.1. The summed E-state index contributed by atoms with van der Waals surface area (Å²) in [7, 11) is 0. The van der Waals surface area contributed by atoms with Crippen LogP contribution in [0.25, 0.3) is 16.8 Å². The third-order valence-corrected chi connectivity index (χ3v) is 3.33. The van der Waals surface area contributed by atoms with Gasteiger partial charge in [0.15, 0.2) is 0 Å². The van der Waals surface area contributed by atoms with Crippen LogP contribution in [0.1, 0.15) is 11.1 Å². The van der Waals surface area contributed by atoms with Gasteiger partial charge in [0.25, 0.3) is 0 Å². The third kappa shape index (κ3) is 1.90. The number of aryl methyl sites for hydroxylation is 1. The first-order valence-electron chi connectivity index (χ1n) is 6.04. The first kappa shape index (κ1) is 11.9. The Morgan fingerprint density at radius 2 is 1.95 bits per heavy atom. The van der Waals surface area contributed by atoms with Crippen molar-refractivity contribution in [1.29, 1.82) is 0 Å². The number of benzene rings is 1. The number of aliphatic hydroxyl groups excluding tert-OH is 1. The van der Waals surface area contributed by atoms with Gasteiger partial charge in [-0.2, -0.15) is 5.10 Å². The minimum atomic E-state index is -0.284. The largest absolute Gasteiger partial charge is 0.392 e. The van der Waals surface area contributed by atoms with Gasteiger partial charge in [-0.3, -0.25) is 0 Å². The summed E-state index contributed by atoms with van der Waals surface area (Å²) in [6.45, 7) is 1.86. The summed E-state index contributed by atoms with van der Waals surface area (Å²) < 4.78 is 14.8. The highest BCUT2D eigenvalue weighted by Crippen LogP contribution is 2.26. The number of halogens is 1. The van der Waals surface area contributed by atoms with Gasteiger partial charge in [0, 0.05) is 17.3 Å². The molecule has 0 saturated heterocycles. The smallest absolute Gasteiger partial charge is 0.123 e. The van der Waals surface area contributed by atoms with Crippen molar-refractivity contribution in [2.45, 2.75) is 13.5 Å². The first-order chi connectivity index (χ1) is 9.20. The zero-order chi connectivity index (χ0) is 13.4. The van der Waals surface area contributed by atoms with E-state index in [0.717, 1.165) is 22.2 Å². The zero-order valence-electron chi connectivity index (χ0n) is 10.5. The van der Waals surface area contributed by atoms with E-state index in [1.165, 1.54) is 12.1 Å². The number of rotatable bonds is 2. The first-order valence-corrected chi connectivity index (χ1v) is 6.04. The summed E-state index contributed by atoms with van der Waals surface area (Å²) in [5.74, 6) is -0.284. The molecule has 0 spiro atoms. The Morgan fingerprint density at radius 1 is 1.21 bits per heavy atom. The van der Waals surface area contributed by atoms with E-state index in [9.17, 15) is 9.50 Å². The molecule has 1 aromatic carbocycles. The lowest BCUT2D eigenvalue weighted by Gasteiger charge is -2.12. The van der Waals surface area contributed by atoms with Crippen LogP contribution in [0.3, 0.4) is 0 Å². The molecule has 0 amide bonds. The fourth-order valence-electron chi connectivity index (χ4n) is 2.29. The van der Waals surface area contributed by atoms with E-state index in [0.29, 0.717) is 5.69 Å². The van der Waals surface area contributed by atoms with E-state index in [-0.39, 0.29) is 12.4 Å². The SMILES string of the molecule is Cc1c(CO)c(-c2ccc(F)cc2)nn2cccc12. The molecule has 0 aliphatic carbocycles. The summed E-state index contributed by atoms with van der Waals surface area (Å²) in [6.07, 6.45) is 1.86. The molecule has 0 radical (unpaired) electrons. The Balaban J connectivity index is 2.29. The van der Waals surface area contributed by atoms with Crippen molar-refractivity contribution in [3.63, 3.8) is 0 Å². The average molecular weight is 256 g/mol. The Kier molecular flexibility index (Phi) is 2.80. The maximum absolute atomic E-state index is 13.0. The van der Waals surface area contributed by atoms with Crippen LogP contribution in [0.2, 0.25) is 0 Å². The van der Waals surface area contributed by atoms with Gasteiger partial charge >= 0.3 is 0 Å². The second kappa shape index (κ2) is 4.48. The standard InChI is InChI=1S/C15H13FN2O/c1-10-13(9-19)15(11-4-6-12(16)7-5-11)17-18-8-2-3-14(10)18/h2-8,19H,9H2,1H3. The summed E-state index contributed by atoms with van der Waals surface area (Å²) in [6, 6.07) is 10.00. The maximum atomic E-state index is 13.0. The van der Waals surface area contributed by atoms with Crippen LogP contribution < -0.4 is 0 Å². The van der Waals surface area contributed by atoms with Crippen molar-refractivity contribution >= 4 is 5.52 Å². The fraction of sp³-hybridized carbons (Fsp3) is 0.133. The van der Waals surface area contributed by atoms with Crippen molar-refractivity contribution in [3.8, 4) is 11.3 Å². The molecule has 0 saturated carbocycles. The molecule has 96 valence electrons. The lowest BCUT2D eigenvalue weighted by atomic mass is 10.0. The van der Waals surface area contributed by atoms with Crippen LogP contribution in [0.15, 0.2) is 42.6 Å². The van der Waals surface area contributed by atoms with E-state index in [2.05, 4.69) is 5.10 Å². The fourth-order valence-corrected chi connectivity index (χ4v) is 2.29. The van der Waals surface area contributed by atoms with Gasteiger partial charge in [0.2, 0.25) is 0 Å². The number of aromatic nitrogens is 2. The van der Waals surface area contributed by atoms with Gasteiger partial charge in [-0.05, 0) is 48.9 Å². The monoisotopic (exact) mass is 256 g/mol. The average Bonchev–Trinajstić information content (AvgIpc) is 2.88. The molecule has 2 heterocycles. The van der Waals surface area contributed by atoms with Gasteiger partial charge in [0.1, 0.15) is 5.82 Å². The predicted octanol–water partition coefficient (Wildman–Crippen LogP) is 2.94. The second-order valence-electron chi connectivity index (χ2n) is 4.46. The second-order valence-corrected chi connectivity index (χ2v) is 4.46. The molecule has 0 bridgehead atoms. The van der Waals surface area contributed by atoms with E-state index in [4.69, 9.17) is 0 Å². The van der Waals surface area contributed by atoms with Crippen LogP contribution in [0.5, 0.6) is 0 Å². The molecule has 0 fully saturated rings.